The Morgan fingerprint density at radius 2 is 1.82 bits per heavy atom. The second-order valence-corrected chi connectivity index (χ2v) is 4.94. The molecule has 2 heterocycles. The highest BCUT2D eigenvalue weighted by atomic mass is 15.3. The summed E-state index contributed by atoms with van der Waals surface area (Å²) in [6.45, 7) is 6.83. The first-order valence-corrected chi connectivity index (χ1v) is 6.64. The van der Waals surface area contributed by atoms with E-state index in [-0.39, 0.29) is 0 Å². The van der Waals surface area contributed by atoms with Crippen molar-refractivity contribution < 1.29 is 0 Å². The SMILES string of the molecule is CCC1CN(C)CC(CC)N1c1ccccn1. The molecule has 0 spiro atoms. The van der Waals surface area contributed by atoms with Gasteiger partial charge in [0.05, 0.1) is 0 Å². The Bertz CT molecular complexity index is 325. The van der Waals surface area contributed by atoms with E-state index in [2.05, 4.69) is 47.8 Å². The van der Waals surface area contributed by atoms with Crippen LogP contribution in [0.4, 0.5) is 5.82 Å². The van der Waals surface area contributed by atoms with Crippen LogP contribution in [-0.4, -0.2) is 42.1 Å². The molecule has 2 atom stereocenters. The molecule has 0 N–H and O–H groups in total. The topological polar surface area (TPSA) is 19.4 Å². The van der Waals surface area contributed by atoms with Crippen LogP contribution in [0.15, 0.2) is 24.4 Å². The molecule has 1 aromatic rings. The van der Waals surface area contributed by atoms with Gasteiger partial charge in [-0.3, -0.25) is 0 Å². The van der Waals surface area contributed by atoms with Gasteiger partial charge in [-0.15, -0.1) is 0 Å². The first kappa shape index (κ1) is 12.4. The van der Waals surface area contributed by atoms with Crippen LogP contribution in [0.25, 0.3) is 0 Å². The van der Waals surface area contributed by atoms with Gasteiger partial charge in [-0.1, -0.05) is 19.9 Å². The summed E-state index contributed by atoms with van der Waals surface area (Å²) in [4.78, 5) is 9.51. The largest absolute Gasteiger partial charge is 0.348 e. The minimum atomic E-state index is 0.591. The third kappa shape index (κ3) is 2.60. The van der Waals surface area contributed by atoms with E-state index in [1.807, 2.05) is 12.3 Å². The van der Waals surface area contributed by atoms with E-state index in [1.54, 1.807) is 0 Å². The minimum absolute atomic E-state index is 0.591. The smallest absolute Gasteiger partial charge is 0.129 e. The van der Waals surface area contributed by atoms with Gasteiger partial charge in [-0.05, 0) is 32.0 Å². The van der Waals surface area contributed by atoms with Crippen molar-refractivity contribution in [2.45, 2.75) is 38.8 Å². The highest BCUT2D eigenvalue weighted by Crippen LogP contribution is 2.25. The lowest BCUT2D eigenvalue weighted by molar-refractivity contribution is 0.218. The fourth-order valence-electron chi connectivity index (χ4n) is 2.80. The molecule has 17 heavy (non-hydrogen) atoms. The van der Waals surface area contributed by atoms with Crippen LogP contribution in [0.3, 0.4) is 0 Å². The number of rotatable bonds is 3. The Balaban J connectivity index is 2.26. The lowest BCUT2D eigenvalue weighted by atomic mass is 10.0. The minimum Gasteiger partial charge on any atom is -0.348 e. The summed E-state index contributed by atoms with van der Waals surface area (Å²) in [6, 6.07) is 7.39. The quantitative estimate of drug-likeness (QED) is 0.799. The average Bonchev–Trinajstić information content (AvgIpc) is 2.38. The Morgan fingerprint density at radius 1 is 1.18 bits per heavy atom. The molecule has 0 saturated carbocycles. The van der Waals surface area contributed by atoms with Gasteiger partial charge in [0.2, 0.25) is 0 Å². The van der Waals surface area contributed by atoms with E-state index in [9.17, 15) is 0 Å². The second kappa shape index (κ2) is 5.50. The summed E-state index contributed by atoms with van der Waals surface area (Å²) in [7, 11) is 2.22. The molecule has 94 valence electrons. The van der Waals surface area contributed by atoms with Gasteiger partial charge in [0.15, 0.2) is 0 Å². The monoisotopic (exact) mass is 233 g/mol. The molecule has 3 nitrogen and oxygen atoms in total. The van der Waals surface area contributed by atoms with E-state index in [0.717, 1.165) is 18.9 Å². The zero-order valence-electron chi connectivity index (χ0n) is 11.1. The summed E-state index contributed by atoms with van der Waals surface area (Å²) < 4.78 is 0. The van der Waals surface area contributed by atoms with Crippen LogP contribution < -0.4 is 4.90 Å². The highest BCUT2D eigenvalue weighted by Gasteiger charge is 2.31. The van der Waals surface area contributed by atoms with Gasteiger partial charge in [0.1, 0.15) is 5.82 Å². The van der Waals surface area contributed by atoms with E-state index in [1.165, 1.54) is 12.8 Å². The summed E-state index contributed by atoms with van der Waals surface area (Å²) in [5, 5.41) is 0. The molecule has 2 unspecified atom stereocenters. The van der Waals surface area contributed by atoms with E-state index in [0.29, 0.717) is 12.1 Å². The summed E-state index contributed by atoms with van der Waals surface area (Å²) in [5.74, 6) is 1.14. The third-order valence-corrected chi connectivity index (χ3v) is 3.69. The van der Waals surface area contributed by atoms with Crippen molar-refractivity contribution in [1.82, 2.24) is 9.88 Å². The van der Waals surface area contributed by atoms with Crippen LogP contribution >= 0.6 is 0 Å². The molecule has 1 aliphatic rings. The number of hydrogen-bond acceptors (Lipinski definition) is 3. The van der Waals surface area contributed by atoms with E-state index in [4.69, 9.17) is 0 Å². The second-order valence-electron chi connectivity index (χ2n) is 4.94. The van der Waals surface area contributed by atoms with Crippen LogP contribution in [-0.2, 0) is 0 Å². The van der Waals surface area contributed by atoms with Gasteiger partial charge in [-0.25, -0.2) is 4.98 Å². The van der Waals surface area contributed by atoms with Crippen molar-refractivity contribution in [3.63, 3.8) is 0 Å². The molecule has 1 fully saturated rings. The predicted molar refractivity (Wildman–Crippen MR) is 72.4 cm³/mol. The molecule has 2 rings (SSSR count). The average molecular weight is 233 g/mol. The van der Waals surface area contributed by atoms with Gasteiger partial charge in [-0.2, -0.15) is 0 Å². The van der Waals surface area contributed by atoms with Crippen molar-refractivity contribution in [2.24, 2.45) is 0 Å². The van der Waals surface area contributed by atoms with E-state index >= 15 is 0 Å². The number of likely N-dealkylation sites (N-methyl/N-ethyl adjacent to an activating group) is 1. The van der Waals surface area contributed by atoms with Crippen molar-refractivity contribution in [3.8, 4) is 0 Å². The molecular weight excluding hydrogens is 210 g/mol. The number of piperazine rings is 1. The first-order chi connectivity index (χ1) is 8.26. The molecule has 0 aromatic carbocycles. The Hall–Kier alpha value is -1.09. The maximum Gasteiger partial charge on any atom is 0.129 e. The molecule has 0 aliphatic carbocycles. The normalized spacial score (nSPS) is 26.2. The molecule has 0 amide bonds. The zero-order chi connectivity index (χ0) is 12.3. The van der Waals surface area contributed by atoms with Crippen LogP contribution in [0.1, 0.15) is 26.7 Å². The van der Waals surface area contributed by atoms with Gasteiger partial charge < -0.3 is 9.80 Å². The van der Waals surface area contributed by atoms with Gasteiger partial charge in [0, 0.05) is 31.4 Å². The van der Waals surface area contributed by atoms with Gasteiger partial charge in [0.25, 0.3) is 0 Å². The Kier molecular flexibility index (Phi) is 4.00. The predicted octanol–water partition coefficient (Wildman–Crippen LogP) is 2.39. The van der Waals surface area contributed by atoms with Crippen molar-refractivity contribution in [3.05, 3.63) is 24.4 Å². The van der Waals surface area contributed by atoms with Crippen LogP contribution in [0.2, 0.25) is 0 Å². The number of hydrogen-bond donors (Lipinski definition) is 0. The molecule has 0 radical (unpaired) electrons. The lowest BCUT2D eigenvalue weighted by Crippen LogP contribution is -2.57. The fraction of sp³-hybridized carbons (Fsp3) is 0.643. The molecule has 0 bridgehead atoms. The molecule has 1 saturated heterocycles. The van der Waals surface area contributed by atoms with Crippen molar-refractivity contribution >= 4 is 5.82 Å². The molecule has 3 heteroatoms. The van der Waals surface area contributed by atoms with Crippen molar-refractivity contribution in [2.75, 3.05) is 25.0 Å². The Labute approximate surface area is 104 Å². The number of aromatic nitrogens is 1. The standard InChI is InChI=1S/C14H23N3/c1-4-12-10-16(3)11-13(5-2)17(12)14-8-6-7-9-15-14/h6-9,12-13H,4-5,10-11H2,1-3H3. The maximum atomic E-state index is 4.53. The van der Waals surface area contributed by atoms with Crippen LogP contribution in [0.5, 0.6) is 0 Å². The van der Waals surface area contributed by atoms with Gasteiger partial charge >= 0.3 is 0 Å². The number of nitrogens with zero attached hydrogens (tertiary/aromatic N) is 3. The molecular formula is C14H23N3. The molecule has 1 aromatic heterocycles. The highest BCUT2D eigenvalue weighted by molar-refractivity contribution is 5.41. The molecule has 1 aliphatic heterocycles. The number of anilines is 1. The maximum absolute atomic E-state index is 4.53. The lowest BCUT2D eigenvalue weighted by Gasteiger charge is -2.46. The van der Waals surface area contributed by atoms with E-state index < -0.39 is 0 Å². The summed E-state index contributed by atoms with van der Waals surface area (Å²) in [6.07, 6.45) is 4.25. The van der Waals surface area contributed by atoms with Crippen molar-refractivity contribution in [1.29, 1.82) is 0 Å². The number of pyridine rings is 1. The Morgan fingerprint density at radius 3 is 2.29 bits per heavy atom. The third-order valence-electron chi connectivity index (χ3n) is 3.69. The summed E-state index contributed by atoms with van der Waals surface area (Å²) >= 11 is 0. The summed E-state index contributed by atoms with van der Waals surface area (Å²) in [5.41, 5.74) is 0. The fourth-order valence-corrected chi connectivity index (χ4v) is 2.80. The first-order valence-electron chi connectivity index (χ1n) is 6.64. The van der Waals surface area contributed by atoms with Crippen LogP contribution in [0, 0.1) is 0 Å². The zero-order valence-corrected chi connectivity index (χ0v) is 11.1.